The fourth-order valence-electron chi connectivity index (χ4n) is 4.17. The first-order valence-electron chi connectivity index (χ1n) is 10.9. The molecule has 3 rings (SSSR count). The third kappa shape index (κ3) is 5.60. The average Bonchev–Trinajstić information content (AvgIpc) is 2.99. The largest absolute Gasteiger partial charge is 0.361 e. The van der Waals surface area contributed by atoms with Gasteiger partial charge in [-0.1, -0.05) is 18.2 Å². The van der Waals surface area contributed by atoms with Gasteiger partial charge in [0.05, 0.1) is 6.54 Å². The van der Waals surface area contributed by atoms with Crippen molar-refractivity contribution in [2.75, 3.05) is 45.8 Å². The Morgan fingerprint density at radius 2 is 1.86 bits per heavy atom. The Morgan fingerprint density at radius 1 is 1.07 bits per heavy atom. The number of nitrogens with zero attached hydrogens (tertiary/aromatic N) is 3. The molecule has 158 valence electrons. The first-order chi connectivity index (χ1) is 14.1. The molecule has 1 aliphatic rings. The maximum atomic E-state index is 12.7. The van der Waals surface area contributed by atoms with Gasteiger partial charge < -0.3 is 14.8 Å². The number of likely N-dealkylation sites (N-methyl/N-ethyl adjacent to an activating group) is 1. The molecule has 1 aromatic heterocycles. The molecule has 0 saturated carbocycles. The minimum absolute atomic E-state index is 0.188. The quantitative estimate of drug-likeness (QED) is 0.744. The third-order valence-electron chi connectivity index (χ3n) is 5.93. The number of fused-ring (bicyclic) bond motifs is 1. The van der Waals surface area contributed by atoms with Crippen molar-refractivity contribution in [3.8, 4) is 0 Å². The predicted molar refractivity (Wildman–Crippen MR) is 117 cm³/mol. The van der Waals surface area contributed by atoms with Gasteiger partial charge in [0.2, 0.25) is 11.8 Å². The van der Waals surface area contributed by atoms with Crippen LogP contribution in [0.25, 0.3) is 10.9 Å². The van der Waals surface area contributed by atoms with Gasteiger partial charge in [-0.25, -0.2) is 0 Å². The number of carbonyl (C=O) groups is 2. The molecule has 0 atom stereocenters. The van der Waals surface area contributed by atoms with Crippen molar-refractivity contribution in [2.45, 2.75) is 39.5 Å². The van der Waals surface area contributed by atoms with Crippen LogP contribution < -0.4 is 0 Å². The van der Waals surface area contributed by atoms with E-state index in [1.165, 1.54) is 10.9 Å². The van der Waals surface area contributed by atoms with Crippen LogP contribution in [0.4, 0.5) is 0 Å². The smallest absolute Gasteiger partial charge is 0.236 e. The summed E-state index contributed by atoms with van der Waals surface area (Å²) in [5.74, 6) is 0.426. The standard InChI is InChI=1S/C23H34N4O2/c1-3-26(4-2)23(29)18-25-13-8-14-27(16-15-25)22(28)12-7-9-19-17-24-21-11-6-5-10-20(19)21/h5-6,10-11,17,24H,3-4,7-9,12-16,18H2,1-2H3. The summed E-state index contributed by atoms with van der Waals surface area (Å²) in [5.41, 5.74) is 2.44. The second-order valence-electron chi connectivity index (χ2n) is 7.79. The molecular formula is C23H34N4O2. The SMILES string of the molecule is CCN(CC)C(=O)CN1CCCN(C(=O)CCCc2c[nH]c3ccccc23)CC1. The summed E-state index contributed by atoms with van der Waals surface area (Å²) < 4.78 is 0. The van der Waals surface area contributed by atoms with Gasteiger partial charge in [0.25, 0.3) is 0 Å². The van der Waals surface area contributed by atoms with Crippen LogP contribution in [0.1, 0.15) is 38.7 Å². The van der Waals surface area contributed by atoms with Gasteiger partial charge in [-0.2, -0.15) is 0 Å². The Bertz CT molecular complexity index is 812. The maximum absolute atomic E-state index is 12.7. The van der Waals surface area contributed by atoms with Crippen molar-refractivity contribution in [3.63, 3.8) is 0 Å². The highest BCUT2D eigenvalue weighted by Gasteiger charge is 2.21. The van der Waals surface area contributed by atoms with Crippen LogP contribution in [-0.4, -0.2) is 77.3 Å². The highest BCUT2D eigenvalue weighted by atomic mass is 16.2. The molecule has 0 aliphatic carbocycles. The van der Waals surface area contributed by atoms with Gasteiger partial charge in [-0.05, 0) is 44.7 Å². The van der Waals surface area contributed by atoms with E-state index in [2.05, 4.69) is 34.3 Å². The fraction of sp³-hybridized carbons (Fsp3) is 0.565. The number of carbonyl (C=O) groups excluding carboxylic acids is 2. The lowest BCUT2D eigenvalue weighted by Gasteiger charge is -2.25. The zero-order chi connectivity index (χ0) is 20.6. The van der Waals surface area contributed by atoms with E-state index in [0.29, 0.717) is 13.0 Å². The van der Waals surface area contributed by atoms with Gasteiger partial charge in [0, 0.05) is 62.8 Å². The molecule has 0 unspecified atom stereocenters. The van der Waals surface area contributed by atoms with Gasteiger partial charge in [0.15, 0.2) is 0 Å². The van der Waals surface area contributed by atoms with Crippen molar-refractivity contribution in [3.05, 3.63) is 36.0 Å². The van der Waals surface area contributed by atoms with Crippen LogP contribution in [0.2, 0.25) is 0 Å². The molecule has 0 radical (unpaired) electrons. The molecule has 29 heavy (non-hydrogen) atoms. The van der Waals surface area contributed by atoms with E-state index in [1.54, 1.807) is 0 Å². The first-order valence-corrected chi connectivity index (χ1v) is 10.9. The summed E-state index contributed by atoms with van der Waals surface area (Å²) in [6, 6.07) is 8.30. The number of hydrogen-bond donors (Lipinski definition) is 1. The zero-order valence-corrected chi connectivity index (χ0v) is 17.8. The highest BCUT2D eigenvalue weighted by molar-refractivity contribution is 5.83. The first kappa shape index (κ1) is 21.4. The van der Waals surface area contributed by atoms with Gasteiger partial charge >= 0.3 is 0 Å². The van der Waals surface area contributed by atoms with E-state index in [0.717, 1.165) is 64.0 Å². The third-order valence-corrected chi connectivity index (χ3v) is 5.93. The second-order valence-corrected chi connectivity index (χ2v) is 7.79. The van der Waals surface area contributed by atoms with Crippen LogP contribution in [-0.2, 0) is 16.0 Å². The molecule has 6 nitrogen and oxygen atoms in total. The number of benzene rings is 1. The van der Waals surface area contributed by atoms with E-state index in [1.807, 2.05) is 29.7 Å². The van der Waals surface area contributed by atoms with Crippen LogP contribution in [0.15, 0.2) is 30.5 Å². The van der Waals surface area contributed by atoms with Crippen LogP contribution in [0.5, 0.6) is 0 Å². The van der Waals surface area contributed by atoms with Crippen molar-refractivity contribution < 1.29 is 9.59 Å². The molecule has 1 fully saturated rings. The summed E-state index contributed by atoms with van der Waals surface area (Å²) in [6.45, 7) is 9.17. The molecule has 2 aromatic rings. The number of hydrogen-bond acceptors (Lipinski definition) is 3. The summed E-state index contributed by atoms with van der Waals surface area (Å²) in [7, 11) is 0. The lowest BCUT2D eigenvalue weighted by atomic mass is 10.1. The van der Waals surface area contributed by atoms with Crippen molar-refractivity contribution in [2.24, 2.45) is 0 Å². The number of rotatable bonds is 8. The lowest BCUT2D eigenvalue weighted by molar-refractivity contribution is -0.132. The van der Waals surface area contributed by atoms with Crippen LogP contribution in [0, 0.1) is 0 Å². The van der Waals surface area contributed by atoms with Gasteiger partial charge in [0.1, 0.15) is 0 Å². The van der Waals surface area contributed by atoms with E-state index in [9.17, 15) is 9.59 Å². The van der Waals surface area contributed by atoms with Crippen molar-refractivity contribution in [1.29, 1.82) is 0 Å². The average molecular weight is 399 g/mol. The second kappa shape index (κ2) is 10.4. The topological polar surface area (TPSA) is 59.7 Å². The zero-order valence-electron chi connectivity index (χ0n) is 17.8. The Balaban J connectivity index is 1.44. The highest BCUT2D eigenvalue weighted by Crippen LogP contribution is 2.19. The Morgan fingerprint density at radius 3 is 2.66 bits per heavy atom. The van der Waals surface area contributed by atoms with E-state index in [-0.39, 0.29) is 11.8 Å². The van der Waals surface area contributed by atoms with Gasteiger partial charge in [-0.3, -0.25) is 14.5 Å². The number of aromatic amines is 1. The lowest BCUT2D eigenvalue weighted by Crippen LogP contribution is -2.42. The summed E-state index contributed by atoms with van der Waals surface area (Å²) in [5, 5.41) is 1.25. The van der Waals surface area contributed by atoms with Crippen LogP contribution >= 0.6 is 0 Å². The van der Waals surface area contributed by atoms with Gasteiger partial charge in [-0.15, -0.1) is 0 Å². The summed E-state index contributed by atoms with van der Waals surface area (Å²) >= 11 is 0. The molecule has 0 bridgehead atoms. The molecule has 2 heterocycles. The molecule has 2 amide bonds. The fourth-order valence-corrected chi connectivity index (χ4v) is 4.17. The molecule has 1 aromatic carbocycles. The summed E-state index contributed by atoms with van der Waals surface area (Å²) in [6.07, 6.45) is 5.35. The molecule has 0 spiro atoms. The van der Waals surface area contributed by atoms with Crippen molar-refractivity contribution >= 4 is 22.7 Å². The molecule has 6 heteroatoms. The Hall–Kier alpha value is -2.34. The number of amides is 2. The van der Waals surface area contributed by atoms with Crippen LogP contribution in [0.3, 0.4) is 0 Å². The monoisotopic (exact) mass is 398 g/mol. The number of aryl methyl sites for hydroxylation is 1. The Labute approximate surface area is 173 Å². The van der Waals surface area contributed by atoms with Crippen molar-refractivity contribution in [1.82, 2.24) is 19.7 Å². The Kier molecular flexibility index (Phi) is 7.69. The minimum atomic E-state index is 0.188. The minimum Gasteiger partial charge on any atom is -0.361 e. The normalized spacial score (nSPS) is 15.4. The maximum Gasteiger partial charge on any atom is 0.236 e. The molecular weight excluding hydrogens is 364 g/mol. The number of aromatic nitrogens is 1. The van der Waals surface area contributed by atoms with E-state index >= 15 is 0 Å². The van der Waals surface area contributed by atoms with E-state index < -0.39 is 0 Å². The number of nitrogens with one attached hydrogen (secondary N) is 1. The molecule has 1 aliphatic heterocycles. The number of H-pyrrole nitrogens is 1. The molecule has 1 N–H and O–H groups in total. The molecule has 1 saturated heterocycles. The predicted octanol–water partition coefficient (Wildman–Crippen LogP) is 2.89. The number of para-hydroxylation sites is 1. The van der Waals surface area contributed by atoms with E-state index in [4.69, 9.17) is 0 Å². The summed E-state index contributed by atoms with van der Waals surface area (Å²) in [4.78, 5) is 34.4.